The van der Waals surface area contributed by atoms with Crippen LogP contribution in [0.1, 0.15) is 78.9 Å². The number of carbonyl (C=O) groups excluding carboxylic acids is 1. The van der Waals surface area contributed by atoms with Gasteiger partial charge in [0.2, 0.25) is 5.88 Å². The Morgan fingerprint density at radius 2 is 1.83 bits per heavy atom. The number of aromatic amines is 1. The molecular weight excluding hydrogens is 939 g/mol. The third kappa shape index (κ3) is 8.20. The highest BCUT2D eigenvalue weighted by Crippen LogP contribution is 2.54. The van der Waals surface area contributed by atoms with Crippen LogP contribution in [0.15, 0.2) is 77.8 Å². The maximum absolute atomic E-state index is 14.8. The van der Waals surface area contributed by atoms with Crippen molar-refractivity contribution >= 4 is 55.4 Å². The molecule has 378 valence electrons. The summed E-state index contributed by atoms with van der Waals surface area (Å²) < 4.78 is 55.6. The van der Waals surface area contributed by atoms with Gasteiger partial charge in [-0.3, -0.25) is 24.7 Å². The number of ether oxygens (including phenoxy) is 4. The lowest BCUT2D eigenvalue weighted by atomic mass is 9.59. The second kappa shape index (κ2) is 17.9. The largest absolute Gasteiger partial charge is 0.489 e. The molecule has 72 heavy (non-hydrogen) atoms. The minimum Gasteiger partial charge on any atom is -0.489 e. The zero-order valence-electron chi connectivity index (χ0n) is 40.5. The number of nitrogens with zero attached hydrogens (tertiary/aromatic N) is 6. The molecular formula is C53H61N9O9S. The number of fused-ring (bicyclic) bond motifs is 6. The molecule has 7 aliphatic heterocycles. The highest BCUT2D eigenvalue weighted by Gasteiger charge is 2.50. The Morgan fingerprint density at radius 3 is 2.64 bits per heavy atom. The van der Waals surface area contributed by atoms with Crippen LogP contribution in [-0.4, -0.2) is 135 Å². The SMILES string of the molecule is Cc1ccccc1[C@@H]1CCCN1C1CC2(CCN(c3ccc(C(=O)NS(=O)(=O)c4cc5c(c([N+](=O)[O-])c4)N[C@@H](CN4C[C@H]6C[C@@H]4CO6)CO5)c(N4C[C@@H]5COCC[C@@H]5Oc5nc6[nH]ccc6cc54)c3)CC2)C1. The van der Waals surface area contributed by atoms with Crippen LogP contribution in [0, 0.1) is 28.4 Å². The van der Waals surface area contributed by atoms with Gasteiger partial charge in [0.15, 0.2) is 11.4 Å². The minimum atomic E-state index is -4.69. The van der Waals surface area contributed by atoms with Crippen LogP contribution in [0.4, 0.5) is 28.4 Å². The highest BCUT2D eigenvalue weighted by atomic mass is 32.2. The number of nitro groups is 1. The van der Waals surface area contributed by atoms with Gasteiger partial charge in [0.05, 0.1) is 53.0 Å². The van der Waals surface area contributed by atoms with Crippen molar-refractivity contribution in [3.63, 3.8) is 0 Å². The fourth-order valence-corrected chi connectivity index (χ4v) is 14.4. The molecule has 1 spiro atoms. The molecule has 8 aliphatic rings. The molecule has 9 heterocycles. The number of piperidine rings is 1. The number of H-pyrrole nitrogens is 1. The summed E-state index contributed by atoms with van der Waals surface area (Å²) in [4.78, 5) is 43.9. The van der Waals surface area contributed by atoms with Gasteiger partial charge in [0.25, 0.3) is 21.6 Å². The average molecular weight is 1000 g/mol. The number of aryl methyl sites for hydroxylation is 1. The topological polar surface area (TPSA) is 197 Å². The van der Waals surface area contributed by atoms with Crippen LogP contribution in [0.5, 0.6) is 11.6 Å². The van der Waals surface area contributed by atoms with E-state index in [0.29, 0.717) is 85.8 Å². The second-order valence-corrected chi connectivity index (χ2v) is 23.3. The predicted molar refractivity (Wildman–Crippen MR) is 270 cm³/mol. The molecule has 1 amide bonds. The van der Waals surface area contributed by atoms with E-state index in [4.69, 9.17) is 23.9 Å². The fourth-order valence-electron chi connectivity index (χ4n) is 13.4. The molecule has 3 N–H and O–H groups in total. The van der Waals surface area contributed by atoms with Crippen LogP contribution in [0.3, 0.4) is 0 Å². The molecule has 2 bridgehead atoms. The van der Waals surface area contributed by atoms with Crippen molar-refractivity contribution in [3.8, 4) is 11.6 Å². The summed E-state index contributed by atoms with van der Waals surface area (Å²) in [5.41, 5.74) is 5.60. The first-order valence-corrected chi connectivity index (χ1v) is 27.3. The number of pyridine rings is 1. The first-order chi connectivity index (χ1) is 34.9. The number of nitro benzene ring substituents is 1. The number of aromatic nitrogens is 2. The fraction of sp³-hybridized carbons (Fsp3) is 0.509. The molecule has 0 radical (unpaired) electrons. The third-order valence-corrected chi connectivity index (χ3v) is 18.6. The van der Waals surface area contributed by atoms with E-state index in [1.807, 2.05) is 35.4 Å². The second-order valence-electron chi connectivity index (χ2n) is 21.6. The van der Waals surface area contributed by atoms with E-state index in [2.05, 4.69) is 60.9 Å². The Kier molecular flexibility index (Phi) is 11.4. The first kappa shape index (κ1) is 45.8. The van der Waals surface area contributed by atoms with Gasteiger partial charge in [-0.25, -0.2) is 13.1 Å². The monoisotopic (exact) mass is 999 g/mol. The quantitative estimate of drug-likeness (QED) is 0.0949. The van der Waals surface area contributed by atoms with Crippen molar-refractivity contribution in [3.05, 3.63) is 99.7 Å². The summed E-state index contributed by atoms with van der Waals surface area (Å²) in [5, 5.41) is 16.7. The van der Waals surface area contributed by atoms with Crippen molar-refractivity contribution in [2.75, 3.05) is 80.8 Å². The number of carbonyl (C=O) groups is 1. The van der Waals surface area contributed by atoms with Gasteiger partial charge in [-0.15, -0.1) is 0 Å². The van der Waals surface area contributed by atoms with E-state index in [1.54, 1.807) is 6.07 Å². The van der Waals surface area contributed by atoms with Crippen LogP contribution in [-0.2, 0) is 19.5 Å². The average Bonchev–Trinajstić information content (AvgIpc) is 4.20. The smallest absolute Gasteiger partial charge is 0.297 e. The van der Waals surface area contributed by atoms with Gasteiger partial charge in [0.1, 0.15) is 24.0 Å². The molecule has 3 aromatic carbocycles. The molecule has 5 saturated heterocycles. The van der Waals surface area contributed by atoms with Crippen molar-refractivity contribution in [1.29, 1.82) is 0 Å². The van der Waals surface area contributed by atoms with Gasteiger partial charge < -0.3 is 39.0 Å². The summed E-state index contributed by atoms with van der Waals surface area (Å²) in [7, 11) is -4.69. The van der Waals surface area contributed by atoms with Crippen molar-refractivity contribution < 1.29 is 37.1 Å². The summed E-state index contributed by atoms with van der Waals surface area (Å²) in [6.07, 6.45) is 10.4. The Hall–Kier alpha value is -5.99. The molecule has 13 rings (SSSR count). The van der Waals surface area contributed by atoms with E-state index < -0.39 is 31.4 Å². The third-order valence-electron chi connectivity index (χ3n) is 17.3. The van der Waals surface area contributed by atoms with Crippen LogP contribution in [0.25, 0.3) is 11.0 Å². The number of hydrogen-bond donors (Lipinski definition) is 3. The number of morpholine rings is 1. The summed E-state index contributed by atoms with van der Waals surface area (Å²) in [5.74, 6) is -0.546. The van der Waals surface area contributed by atoms with E-state index in [-0.39, 0.29) is 47.8 Å². The standard InChI is InChI=1S/C53H61N9O9S/c1-32-5-2-3-6-41(32)43-7-4-15-60(43)38-24-53(25-38)12-16-58(17-13-53)36-8-9-42(44(21-36)61-26-34-29-68-18-11-47(34)71-52-46(61)19-33-10-14-54-50(33)56-52)51(63)57-72(66,67)40-22-45(62(64)65)49-48(23-40)70-30-35(55-49)27-59-28-39-20-37(59)31-69-39/h2-3,5-6,8-10,14,19,21-23,34-35,37-39,43,47,55H,4,7,11-13,15-18,20,24-31H2,1H3,(H,54,56)(H,57,63)/t34-,35+,37-,39-,43+,47+/m1/s1. The summed E-state index contributed by atoms with van der Waals surface area (Å²) in [6.45, 7) is 8.68. The maximum Gasteiger partial charge on any atom is 0.297 e. The number of nitrogens with one attached hydrogen (secondary N) is 3. The van der Waals surface area contributed by atoms with E-state index >= 15 is 0 Å². The Labute approximate surface area is 418 Å². The first-order valence-electron chi connectivity index (χ1n) is 25.8. The highest BCUT2D eigenvalue weighted by molar-refractivity contribution is 7.90. The van der Waals surface area contributed by atoms with Crippen molar-refractivity contribution in [1.82, 2.24) is 24.5 Å². The number of amides is 1. The van der Waals surface area contributed by atoms with Gasteiger partial charge in [-0.2, -0.15) is 4.98 Å². The van der Waals surface area contributed by atoms with Gasteiger partial charge in [-0.05, 0) is 105 Å². The van der Waals surface area contributed by atoms with Gasteiger partial charge >= 0.3 is 0 Å². The maximum atomic E-state index is 14.8. The van der Waals surface area contributed by atoms with E-state index in [9.17, 15) is 23.3 Å². The molecule has 1 aliphatic carbocycles. The van der Waals surface area contributed by atoms with Crippen LogP contribution >= 0.6 is 0 Å². The molecule has 5 aromatic rings. The number of anilines is 4. The number of rotatable bonds is 10. The zero-order valence-corrected chi connectivity index (χ0v) is 41.3. The molecule has 2 aromatic heterocycles. The normalized spacial score (nSPS) is 27.0. The molecule has 0 unspecified atom stereocenters. The lowest BCUT2D eigenvalue weighted by Gasteiger charge is -2.56. The molecule has 6 fully saturated rings. The van der Waals surface area contributed by atoms with Crippen LogP contribution in [0.2, 0.25) is 0 Å². The Morgan fingerprint density at radius 1 is 0.972 bits per heavy atom. The minimum absolute atomic E-state index is 0.0295. The summed E-state index contributed by atoms with van der Waals surface area (Å²) in [6, 6.07) is 21.7. The van der Waals surface area contributed by atoms with Gasteiger partial charge in [-0.1, -0.05) is 24.3 Å². The molecule has 18 nitrogen and oxygen atoms in total. The van der Waals surface area contributed by atoms with Gasteiger partial charge in [0, 0.05) is 92.6 Å². The van der Waals surface area contributed by atoms with E-state index in [0.717, 1.165) is 62.6 Å². The van der Waals surface area contributed by atoms with Crippen LogP contribution < -0.4 is 29.3 Å². The molecule has 1 saturated carbocycles. The van der Waals surface area contributed by atoms with Crippen molar-refractivity contribution in [2.24, 2.45) is 11.3 Å². The Balaban J connectivity index is 0.791. The number of hydrogen-bond acceptors (Lipinski definition) is 15. The number of benzene rings is 3. The Bertz CT molecular complexity index is 3060. The summed E-state index contributed by atoms with van der Waals surface area (Å²) >= 11 is 0. The predicted octanol–water partition coefficient (Wildman–Crippen LogP) is 7.07. The van der Waals surface area contributed by atoms with Crippen molar-refractivity contribution in [2.45, 2.75) is 99.6 Å². The lowest BCUT2D eigenvalue weighted by molar-refractivity contribution is -0.384. The van der Waals surface area contributed by atoms with E-state index in [1.165, 1.54) is 42.9 Å². The lowest BCUT2D eigenvalue weighted by Crippen LogP contribution is -2.54. The number of likely N-dealkylation sites (tertiary alicyclic amines) is 2. The molecule has 6 atom stereocenters. The number of sulfonamides is 1. The molecule has 19 heteroatoms. The zero-order chi connectivity index (χ0) is 48.9.